The summed E-state index contributed by atoms with van der Waals surface area (Å²) >= 11 is 0. The van der Waals surface area contributed by atoms with Gasteiger partial charge < -0.3 is 9.47 Å². The molecule has 0 saturated heterocycles. The van der Waals surface area contributed by atoms with Crippen LogP contribution in [-0.2, 0) is 0 Å². The second-order valence-electron chi connectivity index (χ2n) is 12.2. The van der Waals surface area contributed by atoms with Crippen LogP contribution in [0, 0.1) is 0 Å². The lowest BCUT2D eigenvalue weighted by molar-refractivity contribution is 1.18. The average Bonchev–Trinajstić information content (AvgIpc) is 3.51. The van der Waals surface area contributed by atoms with Gasteiger partial charge in [-0.2, -0.15) is 0 Å². The molecule has 2 nitrogen and oxygen atoms in total. The summed E-state index contributed by atoms with van der Waals surface area (Å²) in [5.41, 5.74) is 11.7. The largest absolute Gasteiger partial charge is 0.310 e. The Balaban J connectivity index is 1.33. The molecular weight excluding hydrogens is 581 g/mol. The second kappa shape index (κ2) is 11.8. The minimum Gasteiger partial charge on any atom is -0.310 e. The van der Waals surface area contributed by atoms with Gasteiger partial charge in [0.25, 0.3) is 0 Å². The van der Waals surface area contributed by atoms with Crippen LogP contribution in [0.1, 0.15) is 0 Å². The van der Waals surface area contributed by atoms with Crippen LogP contribution >= 0.6 is 0 Å². The van der Waals surface area contributed by atoms with Crippen molar-refractivity contribution in [3.05, 3.63) is 194 Å². The molecule has 0 N–H and O–H groups in total. The Labute approximate surface area is 280 Å². The number of para-hydroxylation sites is 3. The summed E-state index contributed by atoms with van der Waals surface area (Å²) in [5.74, 6) is 0. The summed E-state index contributed by atoms with van der Waals surface area (Å²) in [7, 11) is 0. The molecule has 0 spiro atoms. The molecule has 0 aliphatic carbocycles. The number of benzene rings is 8. The van der Waals surface area contributed by atoms with Gasteiger partial charge in [0, 0.05) is 27.8 Å². The Bertz CT molecular complexity index is 2550. The first-order valence-electron chi connectivity index (χ1n) is 16.4. The van der Waals surface area contributed by atoms with E-state index in [-0.39, 0.29) is 0 Å². The van der Waals surface area contributed by atoms with Gasteiger partial charge in [-0.3, -0.25) is 0 Å². The minimum absolute atomic E-state index is 1.10. The van der Waals surface area contributed by atoms with E-state index in [4.69, 9.17) is 0 Å². The summed E-state index contributed by atoms with van der Waals surface area (Å²) in [6.45, 7) is 0. The van der Waals surface area contributed by atoms with Crippen LogP contribution in [0.15, 0.2) is 194 Å². The van der Waals surface area contributed by atoms with Crippen LogP contribution < -0.4 is 4.90 Å². The van der Waals surface area contributed by atoms with Gasteiger partial charge >= 0.3 is 0 Å². The zero-order valence-electron chi connectivity index (χ0n) is 26.4. The van der Waals surface area contributed by atoms with Gasteiger partial charge in [-0.15, -0.1) is 0 Å². The Kier molecular flexibility index (Phi) is 6.84. The molecule has 2 heteroatoms. The molecule has 0 fully saturated rings. The third kappa shape index (κ3) is 4.74. The standard InChI is InChI=1S/C46H32N2/c1-4-16-34(17-5-1)40-30-29-39(32-42(40)36-28-27-33-15-10-11-18-35(33)31-36)47(37-19-6-2-7-20-37)44-25-14-26-45-46(44)41-23-12-13-24-43(41)48(45)38-21-8-3-9-22-38/h1-32H. The van der Waals surface area contributed by atoms with Gasteiger partial charge in [-0.05, 0) is 93.7 Å². The third-order valence-electron chi connectivity index (χ3n) is 9.35. The SMILES string of the molecule is c1ccc(-c2ccc(N(c3ccccc3)c3cccc4c3c3ccccc3n4-c3ccccc3)cc2-c2ccc3ccccc3c2)cc1. The van der Waals surface area contributed by atoms with Crippen LogP contribution in [0.25, 0.3) is 60.5 Å². The molecular formula is C46H32N2. The van der Waals surface area contributed by atoms with Crippen molar-refractivity contribution in [2.24, 2.45) is 0 Å². The summed E-state index contributed by atoms with van der Waals surface area (Å²) in [4.78, 5) is 2.42. The number of aromatic nitrogens is 1. The molecule has 0 bridgehead atoms. The smallest absolute Gasteiger partial charge is 0.0562 e. The quantitative estimate of drug-likeness (QED) is 0.181. The maximum absolute atomic E-state index is 2.42. The van der Waals surface area contributed by atoms with Crippen molar-refractivity contribution in [2.75, 3.05) is 4.90 Å². The molecule has 0 aliphatic rings. The zero-order chi connectivity index (χ0) is 31.9. The van der Waals surface area contributed by atoms with Crippen LogP contribution in [0.2, 0.25) is 0 Å². The van der Waals surface area contributed by atoms with Gasteiger partial charge in [-0.25, -0.2) is 0 Å². The molecule has 9 aromatic rings. The first-order chi connectivity index (χ1) is 23.8. The van der Waals surface area contributed by atoms with Gasteiger partial charge in [0.05, 0.1) is 16.7 Å². The van der Waals surface area contributed by atoms with E-state index >= 15 is 0 Å². The van der Waals surface area contributed by atoms with Crippen molar-refractivity contribution in [2.45, 2.75) is 0 Å². The summed E-state index contributed by atoms with van der Waals surface area (Å²) < 4.78 is 2.39. The van der Waals surface area contributed by atoms with Gasteiger partial charge in [-0.1, -0.05) is 133 Å². The Morgan fingerprint density at radius 2 is 1.04 bits per heavy atom. The molecule has 1 aromatic heterocycles. The molecule has 8 aromatic carbocycles. The number of rotatable bonds is 6. The fourth-order valence-corrected chi connectivity index (χ4v) is 7.18. The Morgan fingerprint density at radius 3 is 1.85 bits per heavy atom. The van der Waals surface area contributed by atoms with Crippen molar-refractivity contribution < 1.29 is 0 Å². The predicted octanol–water partition coefficient (Wildman–Crippen LogP) is 12.7. The fraction of sp³-hybridized carbons (Fsp3) is 0. The van der Waals surface area contributed by atoms with Gasteiger partial charge in [0.1, 0.15) is 0 Å². The highest BCUT2D eigenvalue weighted by Crippen LogP contribution is 2.45. The van der Waals surface area contributed by atoms with E-state index in [0.29, 0.717) is 0 Å². The average molecular weight is 613 g/mol. The summed E-state index contributed by atoms with van der Waals surface area (Å²) in [5, 5.41) is 4.92. The minimum atomic E-state index is 1.10. The topological polar surface area (TPSA) is 8.17 Å². The normalized spacial score (nSPS) is 11.3. The molecule has 0 aliphatic heterocycles. The molecule has 0 unspecified atom stereocenters. The molecule has 0 amide bonds. The zero-order valence-corrected chi connectivity index (χ0v) is 26.4. The number of fused-ring (bicyclic) bond motifs is 4. The fourth-order valence-electron chi connectivity index (χ4n) is 7.18. The third-order valence-corrected chi connectivity index (χ3v) is 9.35. The Morgan fingerprint density at radius 1 is 0.375 bits per heavy atom. The highest BCUT2D eigenvalue weighted by Gasteiger charge is 2.22. The Hall–Kier alpha value is -6.38. The number of hydrogen-bond acceptors (Lipinski definition) is 1. The van der Waals surface area contributed by atoms with Crippen molar-refractivity contribution in [1.82, 2.24) is 4.57 Å². The lowest BCUT2D eigenvalue weighted by atomic mass is 9.92. The van der Waals surface area contributed by atoms with E-state index in [1.807, 2.05) is 0 Å². The molecule has 1 heterocycles. The van der Waals surface area contributed by atoms with Crippen LogP contribution in [0.4, 0.5) is 17.1 Å². The van der Waals surface area contributed by atoms with E-state index in [2.05, 4.69) is 204 Å². The molecule has 226 valence electrons. The van der Waals surface area contributed by atoms with E-state index in [0.717, 1.165) is 22.7 Å². The van der Waals surface area contributed by atoms with Crippen molar-refractivity contribution in [3.8, 4) is 27.9 Å². The first kappa shape index (κ1) is 27.9. The predicted molar refractivity (Wildman–Crippen MR) is 204 cm³/mol. The summed E-state index contributed by atoms with van der Waals surface area (Å²) in [6.07, 6.45) is 0. The number of nitrogens with zero attached hydrogens (tertiary/aromatic N) is 2. The van der Waals surface area contributed by atoms with Crippen molar-refractivity contribution in [1.29, 1.82) is 0 Å². The lowest BCUT2D eigenvalue weighted by Gasteiger charge is -2.28. The van der Waals surface area contributed by atoms with Crippen molar-refractivity contribution in [3.63, 3.8) is 0 Å². The highest BCUT2D eigenvalue weighted by molar-refractivity contribution is 6.16. The maximum Gasteiger partial charge on any atom is 0.0562 e. The maximum atomic E-state index is 2.42. The second-order valence-corrected chi connectivity index (χ2v) is 12.2. The lowest BCUT2D eigenvalue weighted by Crippen LogP contribution is -2.10. The molecule has 0 atom stereocenters. The molecule has 0 saturated carbocycles. The number of hydrogen-bond donors (Lipinski definition) is 0. The summed E-state index contributed by atoms with van der Waals surface area (Å²) in [6, 6.07) is 69.9. The molecule has 9 rings (SSSR count). The van der Waals surface area contributed by atoms with E-state index < -0.39 is 0 Å². The first-order valence-corrected chi connectivity index (χ1v) is 16.4. The van der Waals surface area contributed by atoms with E-state index in [1.165, 1.54) is 54.8 Å². The van der Waals surface area contributed by atoms with Crippen LogP contribution in [-0.4, -0.2) is 4.57 Å². The van der Waals surface area contributed by atoms with Crippen LogP contribution in [0.3, 0.4) is 0 Å². The van der Waals surface area contributed by atoms with E-state index in [1.54, 1.807) is 0 Å². The van der Waals surface area contributed by atoms with Gasteiger partial charge in [0.2, 0.25) is 0 Å². The number of anilines is 3. The molecule has 0 radical (unpaired) electrons. The monoisotopic (exact) mass is 612 g/mol. The van der Waals surface area contributed by atoms with Crippen molar-refractivity contribution >= 4 is 49.6 Å². The highest BCUT2D eigenvalue weighted by atomic mass is 15.1. The van der Waals surface area contributed by atoms with Gasteiger partial charge in [0.15, 0.2) is 0 Å². The van der Waals surface area contributed by atoms with E-state index in [9.17, 15) is 0 Å². The molecule has 48 heavy (non-hydrogen) atoms. The van der Waals surface area contributed by atoms with Crippen LogP contribution in [0.5, 0.6) is 0 Å².